The van der Waals surface area contributed by atoms with Gasteiger partial charge in [0.1, 0.15) is 11.3 Å². The Morgan fingerprint density at radius 2 is 1.90 bits per heavy atom. The van der Waals surface area contributed by atoms with Gasteiger partial charge in [-0.1, -0.05) is 41.4 Å². The van der Waals surface area contributed by atoms with Crippen molar-refractivity contribution in [2.24, 2.45) is 4.99 Å². The minimum atomic E-state index is 0.0794. The highest BCUT2D eigenvalue weighted by atomic mass is 35.5. The molecule has 1 heterocycles. The predicted octanol–water partition coefficient (Wildman–Crippen LogP) is 7.23. The number of aliphatic imine (C=N–C) groups is 1. The third kappa shape index (κ3) is 4.34. The molecular formula is C23H16Cl2N2O2. The van der Waals surface area contributed by atoms with Crippen LogP contribution in [0.2, 0.25) is 10.0 Å². The summed E-state index contributed by atoms with van der Waals surface area (Å²) in [6.45, 7) is 1.99. The van der Waals surface area contributed by atoms with Crippen molar-refractivity contribution in [3.8, 4) is 17.2 Å². The molecule has 1 aromatic heterocycles. The predicted molar refractivity (Wildman–Crippen MR) is 119 cm³/mol. The van der Waals surface area contributed by atoms with Crippen molar-refractivity contribution in [3.63, 3.8) is 0 Å². The van der Waals surface area contributed by atoms with Gasteiger partial charge in [0.05, 0.1) is 11.3 Å². The van der Waals surface area contributed by atoms with E-state index < -0.39 is 0 Å². The summed E-state index contributed by atoms with van der Waals surface area (Å²) in [6.07, 6.45) is 5.27. The number of aromatic hydroxyl groups is 1. The number of allylic oxidation sites excluding steroid dienone is 1. The van der Waals surface area contributed by atoms with Crippen LogP contribution in [0.25, 0.3) is 28.6 Å². The number of hydrogen-bond donors (Lipinski definition) is 1. The number of halogens is 2. The van der Waals surface area contributed by atoms with Gasteiger partial charge < -0.3 is 9.52 Å². The lowest BCUT2D eigenvalue weighted by molar-refractivity contribution is 0.474. The lowest BCUT2D eigenvalue weighted by Crippen LogP contribution is -1.79. The van der Waals surface area contributed by atoms with Crippen molar-refractivity contribution in [2.45, 2.75) is 6.92 Å². The quantitative estimate of drug-likeness (QED) is 0.352. The monoisotopic (exact) mass is 422 g/mol. The normalized spacial score (nSPS) is 11.8. The molecular weight excluding hydrogens is 407 g/mol. The molecule has 1 N–H and O–H groups in total. The van der Waals surface area contributed by atoms with Crippen molar-refractivity contribution in [1.29, 1.82) is 0 Å². The van der Waals surface area contributed by atoms with Crippen LogP contribution in [-0.2, 0) is 0 Å². The number of oxazole rings is 1. The molecule has 4 nitrogen and oxygen atoms in total. The van der Waals surface area contributed by atoms with Crippen LogP contribution in [0.5, 0.6) is 5.75 Å². The number of phenolic OH excluding ortho intramolecular Hbond substituents is 1. The fourth-order valence-electron chi connectivity index (χ4n) is 2.84. The number of aromatic nitrogens is 1. The van der Waals surface area contributed by atoms with E-state index in [4.69, 9.17) is 27.6 Å². The SMILES string of the molecule is Cc1ccc2oc(-c3cc(N=CC=Cc4ccc(Cl)cc4Cl)ccc3O)nc2c1. The molecule has 6 heteroatoms. The van der Waals surface area contributed by atoms with E-state index in [-0.39, 0.29) is 5.75 Å². The fourth-order valence-corrected chi connectivity index (χ4v) is 3.31. The number of aryl methyl sites for hydroxylation is 1. The van der Waals surface area contributed by atoms with E-state index in [1.807, 2.05) is 37.3 Å². The second-order valence-corrected chi connectivity index (χ2v) is 7.34. The van der Waals surface area contributed by atoms with Crippen molar-refractivity contribution in [2.75, 3.05) is 0 Å². The summed E-state index contributed by atoms with van der Waals surface area (Å²) in [7, 11) is 0. The Morgan fingerprint density at radius 1 is 1.03 bits per heavy atom. The number of nitrogens with zero attached hydrogens (tertiary/aromatic N) is 2. The third-order valence-electron chi connectivity index (χ3n) is 4.30. The first-order valence-electron chi connectivity index (χ1n) is 8.86. The van der Waals surface area contributed by atoms with Crippen LogP contribution in [0.3, 0.4) is 0 Å². The van der Waals surface area contributed by atoms with Crippen LogP contribution in [0.1, 0.15) is 11.1 Å². The van der Waals surface area contributed by atoms with Gasteiger partial charge in [-0.3, -0.25) is 4.99 Å². The summed E-state index contributed by atoms with van der Waals surface area (Å²) in [5, 5.41) is 11.4. The second-order valence-electron chi connectivity index (χ2n) is 6.49. The van der Waals surface area contributed by atoms with Crippen LogP contribution < -0.4 is 0 Å². The van der Waals surface area contributed by atoms with E-state index >= 15 is 0 Å². The average molecular weight is 423 g/mol. The lowest BCUT2D eigenvalue weighted by Gasteiger charge is -2.01. The maximum absolute atomic E-state index is 10.3. The molecule has 0 bridgehead atoms. The van der Waals surface area contributed by atoms with Gasteiger partial charge in [0.2, 0.25) is 5.89 Å². The van der Waals surface area contributed by atoms with Gasteiger partial charge in [-0.25, -0.2) is 4.98 Å². The molecule has 4 rings (SSSR count). The first-order chi connectivity index (χ1) is 14.0. The van der Waals surface area contributed by atoms with Crippen molar-refractivity contribution >= 4 is 52.3 Å². The molecule has 4 aromatic rings. The van der Waals surface area contributed by atoms with E-state index in [0.717, 1.165) is 16.6 Å². The highest BCUT2D eigenvalue weighted by Gasteiger charge is 2.13. The van der Waals surface area contributed by atoms with Crippen LogP contribution in [0.15, 0.2) is 70.1 Å². The van der Waals surface area contributed by atoms with Crippen LogP contribution in [0.4, 0.5) is 5.69 Å². The van der Waals surface area contributed by atoms with Crippen LogP contribution in [0, 0.1) is 6.92 Å². The summed E-state index contributed by atoms with van der Waals surface area (Å²) in [5.41, 5.74) is 4.49. The number of hydrogen-bond acceptors (Lipinski definition) is 4. The van der Waals surface area contributed by atoms with Crippen LogP contribution >= 0.6 is 23.2 Å². The number of phenols is 1. The summed E-state index contributed by atoms with van der Waals surface area (Å²) in [4.78, 5) is 8.88. The first-order valence-corrected chi connectivity index (χ1v) is 9.61. The van der Waals surface area contributed by atoms with Gasteiger partial charge in [0, 0.05) is 16.3 Å². The molecule has 0 radical (unpaired) electrons. The molecule has 0 unspecified atom stereocenters. The smallest absolute Gasteiger partial charge is 0.231 e. The molecule has 0 spiro atoms. The molecule has 0 atom stereocenters. The zero-order chi connectivity index (χ0) is 20.4. The molecule has 0 aliphatic heterocycles. The summed E-state index contributed by atoms with van der Waals surface area (Å²) in [5.74, 6) is 0.430. The van der Waals surface area contributed by atoms with E-state index in [0.29, 0.717) is 32.8 Å². The first kappa shape index (κ1) is 19.2. The highest BCUT2D eigenvalue weighted by Crippen LogP contribution is 2.34. The van der Waals surface area contributed by atoms with Crippen molar-refractivity contribution in [3.05, 3.63) is 81.8 Å². The number of benzene rings is 3. The van der Waals surface area contributed by atoms with Gasteiger partial charge in [0.25, 0.3) is 0 Å². The average Bonchev–Trinajstić information content (AvgIpc) is 3.10. The summed E-state index contributed by atoms with van der Waals surface area (Å²) in [6, 6.07) is 16.1. The van der Waals surface area contributed by atoms with Crippen molar-refractivity contribution < 1.29 is 9.52 Å². The molecule has 0 saturated carbocycles. The molecule has 0 amide bonds. The summed E-state index contributed by atoms with van der Waals surface area (Å²) < 4.78 is 5.79. The Morgan fingerprint density at radius 3 is 2.72 bits per heavy atom. The molecule has 0 saturated heterocycles. The highest BCUT2D eigenvalue weighted by molar-refractivity contribution is 6.35. The Balaban J connectivity index is 1.59. The van der Waals surface area contributed by atoms with E-state index in [9.17, 15) is 5.11 Å². The largest absolute Gasteiger partial charge is 0.507 e. The minimum Gasteiger partial charge on any atom is -0.507 e. The molecule has 0 aliphatic carbocycles. The van der Waals surface area contributed by atoms with Gasteiger partial charge in [-0.05, 0) is 66.6 Å². The van der Waals surface area contributed by atoms with Gasteiger partial charge in [0.15, 0.2) is 5.58 Å². The van der Waals surface area contributed by atoms with Gasteiger partial charge >= 0.3 is 0 Å². The van der Waals surface area contributed by atoms with E-state index in [1.54, 1.807) is 42.6 Å². The number of rotatable bonds is 4. The zero-order valence-corrected chi connectivity index (χ0v) is 16.9. The second kappa shape index (κ2) is 8.11. The maximum Gasteiger partial charge on any atom is 0.231 e. The maximum atomic E-state index is 10.3. The van der Waals surface area contributed by atoms with Crippen LogP contribution in [-0.4, -0.2) is 16.3 Å². The molecule has 29 heavy (non-hydrogen) atoms. The minimum absolute atomic E-state index is 0.0794. The molecule has 3 aromatic carbocycles. The van der Waals surface area contributed by atoms with Gasteiger partial charge in [-0.2, -0.15) is 0 Å². The van der Waals surface area contributed by atoms with E-state index in [1.165, 1.54) is 0 Å². The standard InChI is InChI=1S/C23H16Cl2N2O2/c1-14-4-9-22-20(11-14)27-23(29-22)18-13-17(7-8-21(18)28)26-10-2-3-15-5-6-16(24)12-19(15)25/h2-13,28H,1H3. The molecule has 0 aliphatic rings. The Labute approximate surface area is 177 Å². The topological polar surface area (TPSA) is 58.6 Å². The van der Waals surface area contributed by atoms with Gasteiger partial charge in [-0.15, -0.1) is 0 Å². The van der Waals surface area contributed by atoms with Crippen molar-refractivity contribution in [1.82, 2.24) is 4.98 Å². The summed E-state index contributed by atoms with van der Waals surface area (Å²) >= 11 is 12.1. The molecule has 144 valence electrons. The Kier molecular flexibility index (Phi) is 5.38. The fraction of sp³-hybridized carbons (Fsp3) is 0.0435. The van der Waals surface area contributed by atoms with E-state index in [2.05, 4.69) is 9.98 Å². The third-order valence-corrected chi connectivity index (χ3v) is 4.86. The molecule has 0 fully saturated rings. The Bertz CT molecular complexity index is 1260. The Hall–Kier alpha value is -3.08. The number of fused-ring (bicyclic) bond motifs is 1. The lowest BCUT2D eigenvalue weighted by atomic mass is 10.1. The zero-order valence-electron chi connectivity index (χ0n) is 15.4.